The molecule has 31 heavy (non-hydrogen) atoms. The van der Waals surface area contributed by atoms with Crippen molar-refractivity contribution in [1.82, 2.24) is 5.32 Å². The summed E-state index contributed by atoms with van der Waals surface area (Å²) in [6.45, 7) is 0. The summed E-state index contributed by atoms with van der Waals surface area (Å²) >= 11 is 0. The van der Waals surface area contributed by atoms with Crippen LogP contribution in [0.15, 0.2) is 42.0 Å². The molecule has 1 amide bonds. The molecule has 4 bridgehead atoms. The van der Waals surface area contributed by atoms with Gasteiger partial charge in [0, 0.05) is 18.2 Å². The zero-order valence-electron chi connectivity index (χ0n) is 17.8. The number of nitrogens with one attached hydrogen (secondary N) is 1. The van der Waals surface area contributed by atoms with E-state index in [2.05, 4.69) is 17.4 Å². The van der Waals surface area contributed by atoms with Gasteiger partial charge in [-0.25, -0.2) is 0 Å². The fourth-order valence-electron chi connectivity index (χ4n) is 7.36. The first kappa shape index (κ1) is 21.0. The second-order valence-corrected chi connectivity index (χ2v) is 10.6. The number of benzene rings is 1. The molecule has 6 heteroatoms. The Bertz CT molecular complexity index is 853. The smallest absolute Gasteiger partial charge is 0.353 e. The molecule has 5 aliphatic rings. The maximum absolute atomic E-state index is 13.6. The Labute approximate surface area is 181 Å². The zero-order chi connectivity index (χ0) is 21.9. The van der Waals surface area contributed by atoms with Gasteiger partial charge in [0.2, 0.25) is 5.91 Å². The second kappa shape index (κ2) is 7.36. The minimum atomic E-state index is -4.30. The average Bonchev–Trinajstić information content (AvgIpc) is 2.72. The third-order valence-corrected chi connectivity index (χ3v) is 8.47. The first-order chi connectivity index (χ1) is 14.7. The lowest BCUT2D eigenvalue weighted by molar-refractivity contribution is -0.145. The van der Waals surface area contributed by atoms with E-state index in [9.17, 15) is 18.0 Å². The van der Waals surface area contributed by atoms with Crippen LogP contribution in [0, 0.1) is 17.3 Å². The number of carbonyl (C=O) groups excluding carboxylic acids is 1. The number of amides is 1. The van der Waals surface area contributed by atoms with Crippen LogP contribution in [0.5, 0.6) is 0 Å². The molecule has 1 aromatic rings. The standard InChI is InChI=1S/C25H31F3N2O/c26-25(27,28)14-21-16-10-23(18-4-2-1-3-5-18)11-17(21)13-24(12-16,15-23)22(31)30-20-8-6-19(29)7-9-20/h1-5,14,16-17,19-20H,6-13,15,29H2,(H,30,31)/t16?,17?,19-,20-,23?,24?. The van der Waals surface area contributed by atoms with Gasteiger partial charge in [-0.3, -0.25) is 4.79 Å². The molecule has 3 nitrogen and oxygen atoms in total. The predicted octanol–water partition coefficient (Wildman–Crippen LogP) is 5.01. The van der Waals surface area contributed by atoms with Crippen LogP contribution in [0.25, 0.3) is 0 Å². The van der Waals surface area contributed by atoms with Gasteiger partial charge in [0.05, 0.1) is 5.41 Å². The first-order valence-corrected chi connectivity index (χ1v) is 11.6. The largest absolute Gasteiger partial charge is 0.409 e. The monoisotopic (exact) mass is 432 g/mol. The van der Waals surface area contributed by atoms with Crippen molar-refractivity contribution >= 4 is 5.91 Å². The van der Waals surface area contributed by atoms with E-state index in [0.29, 0.717) is 37.3 Å². The molecule has 5 aliphatic carbocycles. The minimum Gasteiger partial charge on any atom is -0.353 e. The molecule has 0 spiro atoms. The van der Waals surface area contributed by atoms with Crippen LogP contribution in [0.3, 0.4) is 0 Å². The van der Waals surface area contributed by atoms with E-state index < -0.39 is 11.6 Å². The van der Waals surface area contributed by atoms with Crippen molar-refractivity contribution in [2.75, 3.05) is 0 Å². The topological polar surface area (TPSA) is 55.1 Å². The molecule has 0 heterocycles. The summed E-state index contributed by atoms with van der Waals surface area (Å²) in [5, 5.41) is 3.29. The van der Waals surface area contributed by atoms with Crippen molar-refractivity contribution in [2.24, 2.45) is 23.0 Å². The van der Waals surface area contributed by atoms with Gasteiger partial charge in [-0.05, 0) is 80.6 Å². The predicted molar refractivity (Wildman–Crippen MR) is 113 cm³/mol. The van der Waals surface area contributed by atoms with Crippen molar-refractivity contribution in [2.45, 2.75) is 81.5 Å². The normalized spacial score (nSPS) is 39.4. The lowest BCUT2D eigenvalue weighted by Gasteiger charge is -2.62. The molecule has 0 saturated heterocycles. The Balaban J connectivity index is 1.46. The van der Waals surface area contributed by atoms with E-state index in [4.69, 9.17) is 5.73 Å². The molecule has 3 N–H and O–H groups in total. The molecule has 5 saturated carbocycles. The van der Waals surface area contributed by atoms with E-state index >= 15 is 0 Å². The molecule has 0 aromatic heterocycles. The average molecular weight is 433 g/mol. The number of hydrogen-bond donors (Lipinski definition) is 2. The Kier molecular flexibility index (Phi) is 5.00. The SMILES string of the molecule is N[C@H]1CC[C@H](NC(=O)C23CC4CC(c5ccccc5)(CC(C2)C4=CC(F)(F)F)C3)CC1. The molecule has 1 aromatic carbocycles. The van der Waals surface area contributed by atoms with Crippen LogP contribution >= 0.6 is 0 Å². The van der Waals surface area contributed by atoms with Crippen LogP contribution < -0.4 is 11.1 Å². The summed E-state index contributed by atoms with van der Waals surface area (Å²) in [6.07, 6.45) is 3.09. The summed E-state index contributed by atoms with van der Waals surface area (Å²) in [5.74, 6) is -0.282. The van der Waals surface area contributed by atoms with Crippen LogP contribution in [0.2, 0.25) is 0 Å². The third-order valence-electron chi connectivity index (χ3n) is 8.47. The minimum absolute atomic E-state index is 0.0636. The highest BCUT2D eigenvalue weighted by molar-refractivity contribution is 5.84. The quantitative estimate of drug-likeness (QED) is 0.660. The summed E-state index contributed by atoms with van der Waals surface area (Å²) in [4.78, 5) is 13.6. The Morgan fingerprint density at radius 1 is 1.00 bits per heavy atom. The summed E-state index contributed by atoms with van der Waals surface area (Å²) in [6, 6.07) is 10.5. The number of rotatable bonds is 3. The lowest BCUT2D eigenvalue weighted by atomic mass is 9.41. The number of carbonyl (C=O) groups is 1. The maximum atomic E-state index is 13.6. The van der Waals surface area contributed by atoms with Crippen LogP contribution in [-0.2, 0) is 10.2 Å². The highest BCUT2D eigenvalue weighted by Crippen LogP contribution is 2.67. The lowest BCUT2D eigenvalue weighted by Crippen LogP contribution is -2.61. The number of alkyl halides is 3. The van der Waals surface area contributed by atoms with Gasteiger partial charge in [-0.2, -0.15) is 13.2 Å². The van der Waals surface area contributed by atoms with Gasteiger partial charge in [0.25, 0.3) is 0 Å². The van der Waals surface area contributed by atoms with Gasteiger partial charge in [0.1, 0.15) is 0 Å². The number of halogens is 3. The Morgan fingerprint density at radius 3 is 2.19 bits per heavy atom. The first-order valence-electron chi connectivity index (χ1n) is 11.6. The molecule has 2 atom stereocenters. The molecule has 0 aliphatic heterocycles. The highest BCUT2D eigenvalue weighted by atomic mass is 19.4. The third kappa shape index (κ3) is 3.81. The van der Waals surface area contributed by atoms with Gasteiger partial charge >= 0.3 is 6.18 Å². The summed E-state index contributed by atoms with van der Waals surface area (Å²) < 4.78 is 39.9. The summed E-state index contributed by atoms with van der Waals surface area (Å²) in [7, 11) is 0. The fraction of sp³-hybridized carbons (Fsp3) is 0.640. The van der Waals surface area contributed by atoms with E-state index in [1.54, 1.807) is 0 Å². The van der Waals surface area contributed by atoms with E-state index in [1.807, 2.05) is 18.2 Å². The Hall–Kier alpha value is -1.82. The molecule has 5 fully saturated rings. The van der Waals surface area contributed by atoms with Crippen LogP contribution in [0.1, 0.15) is 63.4 Å². The number of allylic oxidation sites excluding steroid dienone is 2. The Morgan fingerprint density at radius 2 is 1.61 bits per heavy atom. The van der Waals surface area contributed by atoms with Crippen molar-refractivity contribution in [3.05, 3.63) is 47.5 Å². The van der Waals surface area contributed by atoms with Crippen LogP contribution in [0.4, 0.5) is 13.2 Å². The second-order valence-electron chi connectivity index (χ2n) is 10.6. The summed E-state index contributed by atoms with van der Waals surface area (Å²) in [5.41, 5.74) is 6.95. The van der Waals surface area contributed by atoms with E-state index in [-0.39, 0.29) is 35.2 Å². The highest BCUT2D eigenvalue weighted by Gasteiger charge is 2.63. The van der Waals surface area contributed by atoms with Crippen molar-refractivity contribution in [3.8, 4) is 0 Å². The molecular weight excluding hydrogens is 401 g/mol. The van der Waals surface area contributed by atoms with Gasteiger partial charge in [-0.1, -0.05) is 35.9 Å². The zero-order valence-corrected chi connectivity index (χ0v) is 17.8. The van der Waals surface area contributed by atoms with Crippen molar-refractivity contribution < 1.29 is 18.0 Å². The molecule has 168 valence electrons. The van der Waals surface area contributed by atoms with E-state index in [0.717, 1.165) is 32.1 Å². The van der Waals surface area contributed by atoms with Crippen LogP contribution in [-0.4, -0.2) is 24.2 Å². The fourth-order valence-corrected chi connectivity index (χ4v) is 7.36. The van der Waals surface area contributed by atoms with Gasteiger partial charge in [-0.15, -0.1) is 0 Å². The van der Waals surface area contributed by atoms with Gasteiger partial charge in [0.15, 0.2) is 0 Å². The molecular formula is C25H31F3N2O. The van der Waals surface area contributed by atoms with Gasteiger partial charge < -0.3 is 11.1 Å². The number of hydrogen-bond acceptors (Lipinski definition) is 2. The molecule has 6 rings (SSSR count). The number of nitrogens with two attached hydrogens (primary N) is 1. The van der Waals surface area contributed by atoms with E-state index in [1.165, 1.54) is 5.56 Å². The maximum Gasteiger partial charge on any atom is 0.409 e. The van der Waals surface area contributed by atoms with Crippen molar-refractivity contribution in [1.29, 1.82) is 0 Å². The molecule has 2 unspecified atom stereocenters. The van der Waals surface area contributed by atoms with Crippen molar-refractivity contribution in [3.63, 3.8) is 0 Å². The molecule has 0 radical (unpaired) electrons.